The second kappa shape index (κ2) is 5.94. The number of methoxy groups -OCH3 is 1. The van der Waals surface area contributed by atoms with Crippen LogP contribution in [0.2, 0.25) is 0 Å². The Bertz CT molecular complexity index is 410. The van der Waals surface area contributed by atoms with Gasteiger partial charge in [0.2, 0.25) is 11.8 Å². The monoisotopic (exact) mass is 241 g/mol. The fourth-order valence-corrected chi connectivity index (χ4v) is 1.35. The number of ether oxygens (including phenoxy) is 1. The minimum absolute atomic E-state index is 0.0161. The van der Waals surface area contributed by atoms with Gasteiger partial charge in [0.1, 0.15) is 5.69 Å². The Balaban J connectivity index is 2.85. The van der Waals surface area contributed by atoms with Crippen LogP contribution in [0.15, 0.2) is 0 Å². The maximum Gasteiger partial charge on any atom is 0.332 e. The lowest BCUT2D eigenvalue weighted by atomic mass is 10.3. The highest BCUT2D eigenvalue weighted by atomic mass is 16.6. The van der Waals surface area contributed by atoms with Crippen molar-refractivity contribution in [1.82, 2.24) is 9.97 Å². The number of anilines is 2. The van der Waals surface area contributed by atoms with Crippen LogP contribution in [-0.2, 0) is 4.74 Å². The Kier molecular flexibility index (Phi) is 4.58. The number of hydrogen-bond acceptors (Lipinski definition) is 7. The van der Waals surface area contributed by atoms with Gasteiger partial charge in [0.05, 0.1) is 4.92 Å². The lowest BCUT2D eigenvalue weighted by molar-refractivity contribution is -0.385. The Morgan fingerprint density at radius 1 is 1.53 bits per heavy atom. The van der Waals surface area contributed by atoms with Gasteiger partial charge in [0.25, 0.3) is 0 Å². The maximum absolute atomic E-state index is 10.9. The van der Waals surface area contributed by atoms with Crippen LogP contribution in [0.5, 0.6) is 0 Å². The number of hydrogen-bond donors (Lipinski definition) is 2. The van der Waals surface area contributed by atoms with Gasteiger partial charge in [0, 0.05) is 20.3 Å². The van der Waals surface area contributed by atoms with Crippen molar-refractivity contribution in [3.05, 3.63) is 15.8 Å². The van der Waals surface area contributed by atoms with Crippen LogP contribution in [0.1, 0.15) is 12.1 Å². The molecule has 0 aliphatic heterocycles. The topological polar surface area (TPSA) is 116 Å². The maximum atomic E-state index is 10.9. The van der Waals surface area contributed by atoms with E-state index in [0.717, 1.165) is 6.42 Å². The quantitative estimate of drug-likeness (QED) is 0.428. The Labute approximate surface area is 98.4 Å². The number of aryl methyl sites for hydroxylation is 1. The molecule has 0 fully saturated rings. The second-order valence-electron chi connectivity index (χ2n) is 3.39. The first kappa shape index (κ1) is 13.1. The standard InChI is InChI=1S/C9H15N5O3/c1-6-7(14(15)16)8(13-9(10)12-6)11-4-3-5-17-2/h3-5H2,1-2H3,(H3,10,11,12,13). The summed E-state index contributed by atoms with van der Waals surface area (Å²) in [7, 11) is 1.59. The van der Waals surface area contributed by atoms with E-state index in [-0.39, 0.29) is 23.1 Å². The van der Waals surface area contributed by atoms with Crippen molar-refractivity contribution in [1.29, 1.82) is 0 Å². The molecule has 0 unspecified atom stereocenters. The molecule has 0 aliphatic carbocycles. The molecule has 94 valence electrons. The van der Waals surface area contributed by atoms with Crippen molar-refractivity contribution in [2.24, 2.45) is 0 Å². The zero-order valence-electron chi connectivity index (χ0n) is 9.77. The summed E-state index contributed by atoms with van der Waals surface area (Å²) in [5.41, 5.74) is 5.55. The highest BCUT2D eigenvalue weighted by Gasteiger charge is 2.20. The molecule has 0 bridgehead atoms. The molecule has 0 aromatic carbocycles. The van der Waals surface area contributed by atoms with Gasteiger partial charge in [-0.25, -0.2) is 4.98 Å². The summed E-state index contributed by atoms with van der Waals surface area (Å²) < 4.78 is 4.87. The van der Waals surface area contributed by atoms with Gasteiger partial charge < -0.3 is 15.8 Å². The number of nitrogen functional groups attached to an aromatic ring is 1. The zero-order chi connectivity index (χ0) is 12.8. The van der Waals surface area contributed by atoms with Crippen LogP contribution in [0.25, 0.3) is 0 Å². The van der Waals surface area contributed by atoms with E-state index in [1.54, 1.807) is 7.11 Å². The van der Waals surface area contributed by atoms with E-state index in [1.165, 1.54) is 6.92 Å². The molecule has 0 aliphatic rings. The molecule has 0 spiro atoms. The summed E-state index contributed by atoms with van der Waals surface area (Å²) in [6, 6.07) is 0. The van der Waals surface area contributed by atoms with Crippen molar-refractivity contribution in [3.8, 4) is 0 Å². The van der Waals surface area contributed by atoms with Gasteiger partial charge in [-0.2, -0.15) is 4.98 Å². The Morgan fingerprint density at radius 3 is 2.82 bits per heavy atom. The number of nitro groups is 1. The van der Waals surface area contributed by atoms with Crippen molar-refractivity contribution < 1.29 is 9.66 Å². The van der Waals surface area contributed by atoms with Gasteiger partial charge in [-0.15, -0.1) is 0 Å². The van der Waals surface area contributed by atoms with Crippen molar-refractivity contribution in [3.63, 3.8) is 0 Å². The minimum Gasteiger partial charge on any atom is -0.385 e. The van der Waals surface area contributed by atoms with Crippen LogP contribution < -0.4 is 11.1 Å². The van der Waals surface area contributed by atoms with Crippen LogP contribution in [0, 0.1) is 17.0 Å². The number of aromatic nitrogens is 2. The molecule has 0 saturated heterocycles. The number of nitrogens with one attached hydrogen (secondary N) is 1. The van der Waals surface area contributed by atoms with E-state index >= 15 is 0 Å². The van der Waals surface area contributed by atoms with E-state index in [1.807, 2.05) is 0 Å². The van der Waals surface area contributed by atoms with Crippen LogP contribution in [0.4, 0.5) is 17.5 Å². The molecule has 1 aromatic heterocycles. The lowest BCUT2D eigenvalue weighted by Gasteiger charge is -2.07. The average Bonchev–Trinajstić information content (AvgIpc) is 2.22. The third kappa shape index (κ3) is 3.52. The highest BCUT2D eigenvalue weighted by molar-refractivity contribution is 5.60. The summed E-state index contributed by atoms with van der Waals surface area (Å²) in [4.78, 5) is 17.9. The normalized spacial score (nSPS) is 10.2. The van der Waals surface area contributed by atoms with E-state index < -0.39 is 4.92 Å². The van der Waals surface area contributed by atoms with E-state index in [9.17, 15) is 10.1 Å². The molecular weight excluding hydrogens is 226 g/mol. The molecule has 8 nitrogen and oxygen atoms in total. The molecule has 0 saturated carbocycles. The third-order valence-electron chi connectivity index (χ3n) is 2.08. The minimum atomic E-state index is -0.520. The van der Waals surface area contributed by atoms with Gasteiger partial charge in [-0.3, -0.25) is 10.1 Å². The second-order valence-corrected chi connectivity index (χ2v) is 3.39. The first-order valence-corrected chi connectivity index (χ1v) is 5.07. The van der Waals surface area contributed by atoms with E-state index in [2.05, 4.69) is 15.3 Å². The summed E-state index contributed by atoms with van der Waals surface area (Å²) in [6.07, 6.45) is 0.719. The molecule has 1 aromatic rings. The summed E-state index contributed by atoms with van der Waals surface area (Å²) in [5, 5.41) is 13.7. The Hall–Kier alpha value is -1.96. The summed E-state index contributed by atoms with van der Waals surface area (Å²) in [6.45, 7) is 2.61. The summed E-state index contributed by atoms with van der Waals surface area (Å²) >= 11 is 0. The summed E-state index contributed by atoms with van der Waals surface area (Å²) in [5.74, 6) is 0.165. The first-order chi connectivity index (χ1) is 8.06. The molecule has 1 heterocycles. The fraction of sp³-hybridized carbons (Fsp3) is 0.556. The Morgan fingerprint density at radius 2 is 2.24 bits per heavy atom. The fourth-order valence-electron chi connectivity index (χ4n) is 1.35. The SMILES string of the molecule is COCCCNc1nc(N)nc(C)c1[N+](=O)[O-]. The zero-order valence-corrected chi connectivity index (χ0v) is 9.77. The largest absolute Gasteiger partial charge is 0.385 e. The number of rotatable bonds is 6. The average molecular weight is 241 g/mol. The van der Waals surface area contributed by atoms with E-state index in [0.29, 0.717) is 13.2 Å². The number of nitrogens with zero attached hydrogens (tertiary/aromatic N) is 3. The van der Waals surface area contributed by atoms with Crippen LogP contribution in [0.3, 0.4) is 0 Å². The molecule has 3 N–H and O–H groups in total. The highest BCUT2D eigenvalue weighted by Crippen LogP contribution is 2.25. The molecule has 0 radical (unpaired) electrons. The molecule has 0 amide bonds. The van der Waals surface area contributed by atoms with Gasteiger partial charge >= 0.3 is 5.69 Å². The predicted octanol–water partition coefficient (Wildman–Crippen LogP) is 0.724. The third-order valence-corrected chi connectivity index (χ3v) is 2.08. The molecule has 17 heavy (non-hydrogen) atoms. The van der Waals surface area contributed by atoms with Gasteiger partial charge in [0.15, 0.2) is 0 Å². The molecular formula is C9H15N5O3. The molecule has 0 atom stereocenters. The van der Waals surface area contributed by atoms with Crippen molar-refractivity contribution in [2.75, 3.05) is 31.3 Å². The molecule has 1 rings (SSSR count). The molecule has 8 heteroatoms. The smallest absolute Gasteiger partial charge is 0.332 e. The van der Waals surface area contributed by atoms with Gasteiger partial charge in [-0.05, 0) is 13.3 Å². The number of nitrogens with two attached hydrogens (primary N) is 1. The predicted molar refractivity (Wildman–Crippen MR) is 62.8 cm³/mol. The van der Waals surface area contributed by atoms with Crippen molar-refractivity contribution in [2.45, 2.75) is 13.3 Å². The van der Waals surface area contributed by atoms with Crippen molar-refractivity contribution >= 4 is 17.5 Å². The first-order valence-electron chi connectivity index (χ1n) is 5.07. The van der Waals surface area contributed by atoms with Crippen LogP contribution >= 0.6 is 0 Å². The lowest BCUT2D eigenvalue weighted by Crippen LogP contribution is -2.11. The van der Waals surface area contributed by atoms with Gasteiger partial charge in [-0.1, -0.05) is 0 Å². The van der Waals surface area contributed by atoms with E-state index in [4.69, 9.17) is 10.5 Å². The van der Waals surface area contributed by atoms with Crippen LogP contribution in [-0.4, -0.2) is 35.2 Å².